The maximum Gasteiger partial charge on any atom is 0.265 e. The molecule has 0 unspecified atom stereocenters. The molecule has 0 radical (unpaired) electrons. The smallest absolute Gasteiger partial charge is 0.265 e. The predicted molar refractivity (Wildman–Crippen MR) is 80.9 cm³/mol. The highest BCUT2D eigenvalue weighted by atomic mass is 79.9. The Balaban J connectivity index is 2.43. The maximum absolute atomic E-state index is 12.3. The van der Waals surface area contributed by atoms with E-state index in [1.807, 2.05) is 6.92 Å². The van der Waals surface area contributed by atoms with Crippen LogP contribution >= 0.6 is 15.9 Å². The Hall–Kier alpha value is -1.67. The van der Waals surface area contributed by atoms with Crippen molar-refractivity contribution >= 4 is 37.5 Å². The summed E-state index contributed by atoms with van der Waals surface area (Å²) in [7, 11) is -3.81. The Kier molecular flexibility index (Phi) is 3.96. The second kappa shape index (κ2) is 5.37. The molecule has 2 aromatic rings. The molecule has 0 aliphatic heterocycles. The number of nitrogens with one attached hydrogen (secondary N) is 1. The first-order chi connectivity index (χ1) is 9.29. The monoisotopic (exact) mass is 356 g/mol. The van der Waals surface area contributed by atoms with Crippen molar-refractivity contribution in [3.63, 3.8) is 0 Å². The molecule has 0 atom stereocenters. The molecule has 20 heavy (non-hydrogen) atoms. The third-order valence-electron chi connectivity index (χ3n) is 2.61. The minimum absolute atomic E-state index is 0.0570. The number of hydrogen-bond donors (Lipinski definition) is 2. The summed E-state index contributed by atoms with van der Waals surface area (Å²) < 4.78 is 27.7. The van der Waals surface area contributed by atoms with Gasteiger partial charge in [0.25, 0.3) is 10.0 Å². The number of pyridine rings is 2. The highest BCUT2D eigenvalue weighted by Crippen LogP contribution is 2.24. The molecular weight excluding hydrogens is 344 g/mol. The van der Waals surface area contributed by atoms with Gasteiger partial charge in [0.15, 0.2) is 0 Å². The van der Waals surface area contributed by atoms with Gasteiger partial charge in [-0.3, -0.25) is 9.71 Å². The van der Waals surface area contributed by atoms with E-state index in [1.165, 1.54) is 12.3 Å². The molecule has 0 saturated heterocycles. The van der Waals surface area contributed by atoms with E-state index in [0.29, 0.717) is 15.9 Å². The van der Waals surface area contributed by atoms with Gasteiger partial charge in [0.1, 0.15) is 10.7 Å². The van der Waals surface area contributed by atoms with Crippen LogP contribution in [0, 0.1) is 13.8 Å². The van der Waals surface area contributed by atoms with E-state index >= 15 is 0 Å². The van der Waals surface area contributed by atoms with Crippen LogP contribution in [0.1, 0.15) is 11.4 Å². The van der Waals surface area contributed by atoms with Gasteiger partial charge in [-0.1, -0.05) is 0 Å². The van der Waals surface area contributed by atoms with Crippen molar-refractivity contribution in [2.45, 2.75) is 18.7 Å². The summed E-state index contributed by atoms with van der Waals surface area (Å²) in [5, 5.41) is 0. The van der Waals surface area contributed by atoms with Gasteiger partial charge in [-0.25, -0.2) is 13.4 Å². The lowest BCUT2D eigenvalue weighted by atomic mass is 10.3. The van der Waals surface area contributed by atoms with Crippen LogP contribution in [0.25, 0.3) is 0 Å². The number of anilines is 2. The summed E-state index contributed by atoms with van der Waals surface area (Å²) in [5.41, 5.74) is 7.44. The highest BCUT2D eigenvalue weighted by Gasteiger charge is 2.20. The van der Waals surface area contributed by atoms with Gasteiger partial charge in [0, 0.05) is 16.4 Å². The zero-order valence-corrected chi connectivity index (χ0v) is 13.3. The standard InChI is InChI=1S/C12H13BrN4O2S/c1-7-3-4-10(8(2)16-7)17-20(18,19)11-5-9(13)6-15-12(11)14/h3-6,17H,1-2H3,(H2,14,15). The van der Waals surface area contributed by atoms with Crippen LogP contribution in [0.3, 0.4) is 0 Å². The van der Waals surface area contributed by atoms with Crippen molar-refractivity contribution in [2.75, 3.05) is 10.5 Å². The number of hydrogen-bond acceptors (Lipinski definition) is 5. The lowest BCUT2D eigenvalue weighted by molar-refractivity contribution is 0.601. The molecule has 0 bridgehead atoms. The van der Waals surface area contributed by atoms with E-state index < -0.39 is 10.0 Å². The fraction of sp³-hybridized carbons (Fsp3) is 0.167. The Bertz CT molecular complexity index is 762. The summed E-state index contributed by atoms with van der Waals surface area (Å²) in [4.78, 5) is 7.95. The number of nitrogens with zero attached hydrogens (tertiary/aromatic N) is 2. The predicted octanol–water partition coefficient (Wildman–Crippen LogP) is 2.24. The molecule has 2 rings (SSSR count). The van der Waals surface area contributed by atoms with E-state index in [9.17, 15) is 8.42 Å². The van der Waals surface area contributed by atoms with Crippen molar-refractivity contribution in [1.29, 1.82) is 0 Å². The van der Waals surface area contributed by atoms with Crippen LogP contribution in [0.5, 0.6) is 0 Å². The molecule has 0 aliphatic rings. The Morgan fingerprint density at radius 1 is 1.30 bits per heavy atom. The van der Waals surface area contributed by atoms with Crippen molar-refractivity contribution in [3.05, 3.63) is 40.3 Å². The lowest BCUT2D eigenvalue weighted by Crippen LogP contribution is -2.16. The second-order valence-electron chi connectivity index (χ2n) is 4.23. The van der Waals surface area contributed by atoms with Crippen LogP contribution in [0.15, 0.2) is 33.8 Å². The van der Waals surface area contributed by atoms with E-state index in [4.69, 9.17) is 5.73 Å². The molecule has 106 valence electrons. The van der Waals surface area contributed by atoms with Crippen molar-refractivity contribution in [3.8, 4) is 0 Å². The molecule has 0 aromatic carbocycles. The van der Waals surface area contributed by atoms with Gasteiger partial charge in [-0.15, -0.1) is 0 Å². The number of aromatic nitrogens is 2. The quantitative estimate of drug-likeness (QED) is 0.878. The molecule has 0 saturated carbocycles. The largest absolute Gasteiger partial charge is 0.383 e. The summed E-state index contributed by atoms with van der Waals surface area (Å²) in [6, 6.07) is 4.80. The summed E-state index contributed by atoms with van der Waals surface area (Å²) in [5.74, 6) is -0.0570. The number of aryl methyl sites for hydroxylation is 2. The van der Waals surface area contributed by atoms with Gasteiger partial charge in [0.05, 0.1) is 11.4 Å². The van der Waals surface area contributed by atoms with Crippen LogP contribution in [-0.2, 0) is 10.0 Å². The summed E-state index contributed by atoms with van der Waals surface area (Å²) in [6.07, 6.45) is 1.44. The van der Waals surface area contributed by atoms with E-state index in [-0.39, 0.29) is 10.7 Å². The average molecular weight is 357 g/mol. The van der Waals surface area contributed by atoms with E-state index in [2.05, 4.69) is 30.6 Å². The van der Waals surface area contributed by atoms with Gasteiger partial charge >= 0.3 is 0 Å². The first-order valence-electron chi connectivity index (χ1n) is 5.67. The first-order valence-corrected chi connectivity index (χ1v) is 7.95. The van der Waals surface area contributed by atoms with Crippen LogP contribution < -0.4 is 10.5 Å². The third kappa shape index (κ3) is 3.07. The van der Waals surface area contributed by atoms with Crippen LogP contribution in [0.4, 0.5) is 11.5 Å². The van der Waals surface area contributed by atoms with E-state index in [1.54, 1.807) is 19.1 Å². The second-order valence-corrected chi connectivity index (χ2v) is 6.79. The minimum atomic E-state index is -3.81. The van der Waals surface area contributed by atoms with Gasteiger partial charge in [0.2, 0.25) is 0 Å². The number of halogens is 1. The van der Waals surface area contributed by atoms with Gasteiger partial charge in [-0.05, 0) is 48.0 Å². The maximum atomic E-state index is 12.3. The van der Waals surface area contributed by atoms with Crippen molar-refractivity contribution in [2.24, 2.45) is 0 Å². The number of rotatable bonds is 3. The number of nitrogens with two attached hydrogens (primary N) is 1. The fourth-order valence-corrected chi connectivity index (χ4v) is 3.35. The zero-order chi connectivity index (χ0) is 14.9. The fourth-order valence-electron chi connectivity index (χ4n) is 1.64. The molecule has 6 nitrogen and oxygen atoms in total. The lowest BCUT2D eigenvalue weighted by Gasteiger charge is -2.11. The normalized spacial score (nSPS) is 11.3. The summed E-state index contributed by atoms with van der Waals surface area (Å²) >= 11 is 3.18. The molecule has 0 spiro atoms. The highest BCUT2D eigenvalue weighted by molar-refractivity contribution is 9.10. The molecule has 3 N–H and O–H groups in total. The Labute approximate surface area is 125 Å². The Morgan fingerprint density at radius 2 is 2.00 bits per heavy atom. The van der Waals surface area contributed by atoms with E-state index in [0.717, 1.165) is 5.69 Å². The molecule has 2 heterocycles. The number of sulfonamides is 1. The molecule has 0 aliphatic carbocycles. The van der Waals surface area contributed by atoms with Crippen LogP contribution in [-0.4, -0.2) is 18.4 Å². The third-order valence-corrected chi connectivity index (χ3v) is 4.44. The average Bonchev–Trinajstić information content (AvgIpc) is 2.35. The van der Waals surface area contributed by atoms with Crippen molar-refractivity contribution < 1.29 is 8.42 Å². The SMILES string of the molecule is Cc1ccc(NS(=O)(=O)c2cc(Br)cnc2N)c(C)n1. The molecule has 2 aromatic heterocycles. The molecule has 0 amide bonds. The molecule has 8 heteroatoms. The summed E-state index contributed by atoms with van der Waals surface area (Å²) in [6.45, 7) is 3.56. The van der Waals surface area contributed by atoms with Gasteiger partial charge in [-0.2, -0.15) is 0 Å². The first kappa shape index (κ1) is 14.7. The topological polar surface area (TPSA) is 98.0 Å². The minimum Gasteiger partial charge on any atom is -0.383 e. The Morgan fingerprint density at radius 3 is 2.65 bits per heavy atom. The molecule has 0 fully saturated rings. The van der Waals surface area contributed by atoms with Crippen LogP contribution in [0.2, 0.25) is 0 Å². The zero-order valence-electron chi connectivity index (χ0n) is 10.9. The molecular formula is C12H13BrN4O2S. The van der Waals surface area contributed by atoms with Gasteiger partial charge < -0.3 is 5.73 Å². The number of nitrogen functional groups attached to an aromatic ring is 1. The van der Waals surface area contributed by atoms with Crippen molar-refractivity contribution in [1.82, 2.24) is 9.97 Å².